The summed E-state index contributed by atoms with van der Waals surface area (Å²) < 4.78 is 31.6. The molecule has 1 N–H and O–H groups in total. The average Bonchev–Trinajstić information content (AvgIpc) is 3.48. The summed E-state index contributed by atoms with van der Waals surface area (Å²) in [5.74, 6) is -1.50. The van der Waals surface area contributed by atoms with Gasteiger partial charge in [-0.2, -0.15) is 5.10 Å². The molecule has 5 rings (SSSR count). The molecule has 6 nitrogen and oxygen atoms in total. The quantitative estimate of drug-likeness (QED) is 0.390. The molecule has 2 aromatic heterocycles. The van der Waals surface area contributed by atoms with Gasteiger partial charge >= 0.3 is 0 Å². The van der Waals surface area contributed by atoms with Crippen LogP contribution in [0.4, 0.5) is 14.5 Å². The molecule has 2 heterocycles. The average molecular weight is 443 g/mol. The lowest BCUT2D eigenvalue weighted by Crippen LogP contribution is -2.10. The smallest absolute Gasteiger partial charge is 0.224 e. The molecular formula is C25H19F2N5O. The monoisotopic (exact) mass is 443 g/mol. The third kappa shape index (κ3) is 3.98. The van der Waals surface area contributed by atoms with Gasteiger partial charge in [-0.25, -0.2) is 18.4 Å². The Kier molecular flexibility index (Phi) is 5.18. The van der Waals surface area contributed by atoms with Crippen molar-refractivity contribution in [3.8, 4) is 22.5 Å². The number of nitrogens with zero attached hydrogens (tertiary/aromatic N) is 4. The van der Waals surface area contributed by atoms with Crippen LogP contribution in [0, 0.1) is 11.6 Å². The van der Waals surface area contributed by atoms with Crippen LogP contribution in [-0.2, 0) is 4.79 Å². The predicted octanol–water partition coefficient (Wildman–Crippen LogP) is 5.50. The fourth-order valence-corrected chi connectivity index (χ4v) is 3.72. The minimum absolute atomic E-state index is 0.169. The fourth-order valence-electron chi connectivity index (χ4n) is 3.72. The number of hydrogen-bond donors (Lipinski definition) is 1. The van der Waals surface area contributed by atoms with E-state index in [0.717, 1.165) is 22.8 Å². The predicted molar refractivity (Wildman–Crippen MR) is 122 cm³/mol. The van der Waals surface area contributed by atoms with Crippen molar-refractivity contribution in [1.82, 2.24) is 19.3 Å². The van der Waals surface area contributed by atoms with Gasteiger partial charge in [-0.15, -0.1) is 0 Å². The number of imidazole rings is 1. The number of fused-ring (bicyclic) bond motifs is 1. The molecule has 0 aliphatic carbocycles. The number of amides is 1. The zero-order chi connectivity index (χ0) is 22.9. The minimum atomic E-state index is -0.681. The first-order valence-corrected chi connectivity index (χ1v) is 10.4. The lowest BCUT2D eigenvalue weighted by molar-refractivity contribution is -0.115. The summed E-state index contributed by atoms with van der Waals surface area (Å²) >= 11 is 0. The first kappa shape index (κ1) is 20.6. The van der Waals surface area contributed by atoms with Crippen LogP contribution in [-0.4, -0.2) is 25.2 Å². The summed E-state index contributed by atoms with van der Waals surface area (Å²) in [4.78, 5) is 16.6. The number of benzene rings is 3. The fraction of sp³-hybridized carbons (Fsp3) is 0.0800. The van der Waals surface area contributed by atoms with Gasteiger partial charge < -0.3 is 5.32 Å². The molecule has 33 heavy (non-hydrogen) atoms. The molecule has 0 saturated heterocycles. The maximum Gasteiger partial charge on any atom is 0.224 e. The van der Waals surface area contributed by atoms with E-state index in [2.05, 4.69) is 15.4 Å². The Bertz CT molecular complexity index is 1470. The second-order valence-corrected chi connectivity index (χ2v) is 7.53. The van der Waals surface area contributed by atoms with E-state index >= 15 is 0 Å². The highest BCUT2D eigenvalue weighted by Gasteiger charge is 2.13. The summed E-state index contributed by atoms with van der Waals surface area (Å²) in [6, 6.07) is 16.3. The van der Waals surface area contributed by atoms with Gasteiger partial charge in [-0.05, 0) is 60.2 Å². The molecule has 0 radical (unpaired) electrons. The van der Waals surface area contributed by atoms with Crippen molar-refractivity contribution in [2.75, 3.05) is 5.32 Å². The van der Waals surface area contributed by atoms with Crippen molar-refractivity contribution in [3.05, 3.63) is 91.0 Å². The number of carbonyl (C=O) groups is 1. The molecule has 0 saturated carbocycles. The number of nitrogens with one attached hydrogen (secondary N) is 1. The Morgan fingerprint density at radius 1 is 1.03 bits per heavy atom. The van der Waals surface area contributed by atoms with E-state index in [-0.39, 0.29) is 11.5 Å². The highest BCUT2D eigenvalue weighted by Crippen LogP contribution is 2.31. The second kappa shape index (κ2) is 8.31. The molecule has 0 bridgehead atoms. The summed E-state index contributed by atoms with van der Waals surface area (Å²) in [6.45, 7) is 1.75. The number of rotatable bonds is 5. The van der Waals surface area contributed by atoms with Crippen LogP contribution in [0.25, 0.3) is 33.5 Å². The van der Waals surface area contributed by atoms with Gasteiger partial charge in [0, 0.05) is 41.8 Å². The van der Waals surface area contributed by atoms with E-state index in [0.29, 0.717) is 23.4 Å². The van der Waals surface area contributed by atoms with Gasteiger partial charge in [0.05, 0.1) is 16.7 Å². The molecule has 5 aromatic rings. The van der Waals surface area contributed by atoms with Gasteiger partial charge in [0.1, 0.15) is 18.0 Å². The van der Waals surface area contributed by atoms with Crippen LogP contribution in [0.5, 0.6) is 0 Å². The maximum atomic E-state index is 14.5. The van der Waals surface area contributed by atoms with Crippen LogP contribution in [0.1, 0.15) is 13.3 Å². The molecule has 0 fully saturated rings. The van der Waals surface area contributed by atoms with Crippen molar-refractivity contribution in [3.63, 3.8) is 0 Å². The SMILES string of the molecule is CCC(=O)Nc1cc(-c2ccc(F)cc2F)cc(-n2cnc3cc(-n4cccn4)ccc32)c1. The maximum absolute atomic E-state index is 14.5. The van der Waals surface area contributed by atoms with E-state index in [1.165, 1.54) is 12.1 Å². The molecule has 8 heteroatoms. The van der Waals surface area contributed by atoms with Crippen molar-refractivity contribution in [1.29, 1.82) is 0 Å². The van der Waals surface area contributed by atoms with Gasteiger partial charge in [0.2, 0.25) is 5.91 Å². The van der Waals surface area contributed by atoms with E-state index in [4.69, 9.17) is 0 Å². The lowest BCUT2D eigenvalue weighted by atomic mass is 10.0. The second-order valence-electron chi connectivity index (χ2n) is 7.53. The zero-order valence-electron chi connectivity index (χ0n) is 17.7. The normalized spacial score (nSPS) is 11.1. The molecule has 0 spiro atoms. The highest BCUT2D eigenvalue weighted by atomic mass is 19.1. The van der Waals surface area contributed by atoms with Crippen LogP contribution in [0.2, 0.25) is 0 Å². The highest BCUT2D eigenvalue weighted by molar-refractivity contribution is 5.92. The van der Waals surface area contributed by atoms with Crippen LogP contribution < -0.4 is 5.32 Å². The topological polar surface area (TPSA) is 64.7 Å². The van der Waals surface area contributed by atoms with Gasteiger partial charge in [0.15, 0.2) is 0 Å². The van der Waals surface area contributed by atoms with Crippen LogP contribution in [0.3, 0.4) is 0 Å². The Labute approximate surface area is 188 Å². The molecular weight excluding hydrogens is 424 g/mol. The largest absolute Gasteiger partial charge is 0.326 e. The first-order chi connectivity index (χ1) is 16.0. The van der Waals surface area contributed by atoms with E-state index in [1.54, 1.807) is 42.3 Å². The summed E-state index contributed by atoms with van der Waals surface area (Å²) in [5.41, 5.74) is 4.37. The van der Waals surface area contributed by atoms with Crippen molar-refractivity contribution in [2.45, 2.75) is 13.3 Å². The number of aromatic nitrogens is 4. The number of carbonyl (C=O) groups excluding carboxylic acids is 1. The molecule has 1 amide bonds. The van der Waals surface area contributed by atoms with Gasteiger partial charge in [-0.1, -0.05) is 6.92 Å². The lowest BCUT2D eigenvalue weighted by Gasteiger charge is -2.13. The van der Waals surface area contributed by atoms with Gasteiger partial charge in [-0.3, -0.25) is 9.36 Å². The molecule has 0 atom stereocenters. The Morgan fingerprint density at radius 3 is 2.67 bits per heavy atom. The first-order valence-electron chi connectivity index (χ1n) is 10.4. The third-order valence-electron chi connectivity index (χ3n) is 5.34. The number of hydrogen-bond acceptors (Lipinski definition) is 3. The molecule has 0 unspecified atom stereocenters. The number of anilines is 1. The van der Waals surface area contributed by atoms with Crippen LogP contribution in [0.15, 0.2) is 79.4 Å². The minimum Gasteiger partial charge on any atom is -0.326 e. The third-order valence-corrected chi connectivity index (χ3v) is 5.34. The van der Waals surface area contributed by atoms with E-state index < -0.39 is 11.6 Å². The molecule has 0 aliphatic rings. The van der Waals surface area contributed by atoms with Gasteiger partial charge in [0.25, 0.3) is 0 Å². The zero-order valence-corrected chi connectivity index (χ0v) is 17.7. The van der Waals surface area contributed by atoms with Crippen molar-refractivity contribution >= 4 is 22.6 Å². The Balaban J connectivity index is 1.64. The molecule has 0 aliphatic heterocycles. The Hall–Kier alpha value is -4.33. The van der Waals surface area contributed by atoms with Crippen molar-refractivity contribution < 1.29 is 13.6 Å². The van der Waals surface area contributed by atoms with E-state index in [1.807, 2.05) is 35.0 Å². The number of halogens is 2. The van der Waals surface area contributed by atoms with Crippen LogP contribution >= 0.6 is 0 Å². The summed E-state index contributed by atoms with van der Waals surface area (Å²) in [5, 5.41) is 7.07. The molecule has 3 aromatic carbocycles. The van der Waals surface area contributed by atoms with E-state index in [9.17, 15) is 13.6 Å². The Morgan fingerprint density at radius 2 is 1.91 bits per heavy atom. The standard InChI is InChI=1S/C25H19F2N5O/c1-2-25(33)30-18-10-16(21-6-4-17(26)12-22(21)27)11-20(13-18)31-15-28-23-14-19(5-7-24(23)31)32-9-3-8-29-32/h3-15H,2H2,1H3,(H,30,33). The molecule has 164 valence electrons. The summed E-state index contributed by atoms with van der Waals surface area (Å²) in [6.07, 6.45) is 5.52. The van der Waals surface area contributed by atoms with Crippen molar-refractivity contribution in [2.24, 2.45) is 0 Å². The summed E-state index contributed by atoms with van der Waals surface area (Å²) in [7, 11) is 0.